The van der Waals surface area contributed by atoms with Gasteiger partial charge in [-0.3, -0.25) is 4.79 Å². The van der Waals surface area contributed by atoms with Crippen molar-refractivity contribution in [3.63, 3.8) is 0 Å². The number of rotatable bonds is 5. The van der Waals surface area contributed by atoms with Gasteiger partial charge in [-0.25, -0.2) is 0 Å². The molecule has 0 aliphatic carbocycles. The maximum atomic E-state index is 12.3. The fraction of sp³-hybridized carbons (Fsp3) is 0.188. The lowest BCUT2D eigenvalue weighted by molar-refractivity contribution is 0.104. The van der Waals surface area contributed by atoms with Crippen LogP contribution in [0.15, 0.2) is 29.7 Å². The maximum absolute atomic E-state index is 12.3. The van der Waals surface area contributed by atoms with Crippen LogP contribution in [0.1, 0.15) is 20.8 Å². The lowest BCUT2D eigenvalue weighted by Gasteiger charge is -2.10. The van der Waals surface area contributed by atoms with Crippen LogP contribution >= 0.6 is 11.3 Å². The number of ether oxygens (including phenoxy) is 2. The van der Waals surface area contributed by atoms with Gasteiger partial charge in [0.15, 0.2) is 5.78 Å². The highest BCUT2D eigenvalue weighted by Gasteiger charge is 2.17. The molecule has 0 spiro atoms. The minimum atomic E-state index is -0.320. The number of methoxy groups -OCH3 is 2. The Bertz CT molecular complexity index is 686. The zero-order chi connectivity index (χ0) is 15.4. The second-order valence-corrected chi connectivity index (χ2v) is 5.34. The third-order valence-corrected chi connectivity index (χ3v) is 4.03. The molecule has 0 atom stereocenters. The molecule has 2 aromatic rings. The second-order valence-electron chi connectivity index (χ2n) is 4.39. The smallest absolute Gasteiger partial charge is 0.193 e. The van der Waals surface area contributed by atoms with Gasteiger partial charge in [0.25, 0.3) is 0 Å². The molecular weight excluding hydrogens is 288 g/mol. The molecule has 0 aliphatic heterocycles. The summed E-state index contributed by atoms with van der Waals surface area (Å²) in [6.45, 7) is 1.98. The van der Waals surface area contributed by atoms with E-state index in [0.717, 1.165) is 10.4 Å². The highest BCUT2D eigenvalue weighted by Crippen LogP contribution is 2.34. The van der Waals surface area contributed by atoms with Gasteiger partial charge >= 0.3 is 0 Å². The van der Waals surface area contributed by atoms with Crippen molar-refractivity contribution in [1.29, 1.82) is 0 Å². The molecule has 0 saturated heterocycles. The first-order valence-corrected chi connectivity index (χ1v) is 7.16. The number of aromatic hydroxyl groups is 1. The standard InChI is InChI=1S/C16H16O4S/c1-10-6-7-21-15(10)5-4-12(17)16-13(18)8-11(19-2)9-14(16)20-3/h4-9,18H,1-3H3/b5-4+. The van der Waals surface area contributed by atoms with Gasteiger partial charge in [-0.15, -0.1) is 11.3 Å². The Balaban J connectivity index is 2.35. The molecule has 0 aliphatic rings. The average molecular weight is 304 g/mol. The van der Waals surface area contributed by atoms with Gasteiger partial charge in [-0.2, -0.15) is 0 Å². The zero-order valence-corrected chi connectivity index (χ0v) is 12.9. The summed E-state index contributed by atoms with van der Waals surface area (Å²) in [5, 5.41) is 12.0. The summed E-state index contributed by atoms with van der Waals surface area (Å²) in [5.74, 6) is 0.229. The normalized spacial score (nSPS) is 10.8. The van der Waals surface area contributed by atoms with E-state index in [2.05, 4.69) is 0 Å². The quantitative estimate of drug-likeness (QED) is 0.676. The first-order chi connectivity index (χ1) is 10.1. The predicted molar refractivity (Wildman–Crippen MR) is 83.6 cm³/mol. The van der Waals surface area contributed by atoms with Crippen molar-refractivity contribution in [1.82, 2.24) is 0 Å². The lowest BCUT2D eigenvalue weighted by Crippen LogP contribution is -2.00. The van der Waals surface area contributed by atoms with E-state index in [-0.39, 0.29) is 22.8 Å². The fourth-order valence-corrected chi connectivity index (χ4v) is 2.71. The molecule has 0 bridgehead atoms. The van der Waals surface area contributed by atoms with Crippen LogP contribution in [0.25, 0.3) is 6.08 Å². The predicted octanol–water partition coefficient (Wildman–Crippen LogP) is 3.68. The average Bonchev–Trinajstić information content (AvgIpc) is 2.89. The first kappa shape index (κ1) is 15.1. The van der Waals surface area contributed by atoms with Crippen molar-refractivity contribution < 1.29 is 19.4 Å². The molecule has 0 radical (unpaired) electrons. The summed E-state index contributed by atoms with van der Waals surface area (Å²) in [5.41, 5.74) is 1.23. The van der Waals surface area contributed by atoms with Gasteiger partial charge < -0.3 is 14.6 Å². The van der Waals surface area contributed by atoms with E-state index in [1.807, 2.05) is 18.4 Å². The number of allylic oxidation sites excluding steroid dienone is 1. The summed E-state index contributed by atoms with van der Waals surface area (Å²) in [4.78, 5) is 13.3. The summed E-state index contributed by atoms with van der Waals surface area (Å²) < 4.78 is 10.2. The molecule has 110 valence electrons. The summed E-state index contributed by atoms with van der Waals surface area (Å²) >= 11 is 1.55. The van der Waals surface area contributed by atoms with Crippen LogP contribution in [-0.2, 0) is 0 Å². The number of phenolic OH excluding ortho intramolecular Hbond substituents is 1. The zero-order valence-electron chi connectivity index (χ0n) is 12.0. The largest absolute Gasteiger partial charge is 0.507 e. The van der Waals surface area contributed by atoms with E-state index in [4.69, 9.17) is 9.47 Å². The second kappa shape index (κ2) is 6.45. The van der Waals surface area contributed by atoms with Crippen molar-refractivity contribution in [3.8, 4) is 17.2 Å². The molecular formula is C16H16O4S. The molecule has 1 heterocycles. The molecule has 5 heteroatoms. The third-order valence-electron chi connectivity index (χ3n) is 3.04. The van der Waals surface area contributed by atoms with Gasteiger partial charge in [-0.05, 0) is 36.1 Å². The number of benzene rings is 1. The minimum absolute atomic E-state index is 0.128. The Kier molecular flexibility index (Phi) is 4.65. The van der Waals surface area contributed by atoms with E-state index in [1.165, 1.54) is 26.4 Å². The summed E-state index contributed by atoms with van der Waals surface area (Å²) in [6, 6.07) is 4.94. The molecule has 1 aromatic heterocycles. The van der Waals surface area contributed by atoms with Crippen LogP contribution in [0, 0.1) is 6.92 Å². The molecule has 0 amide bonds. The van der Waals surface area contributed by atoms with Crippen LogP contribution in [0.2, 0.25) is 0 Å². The molecule has 0 fully saturated rings. The lowest BCUT2D eigenvalue weighted by atomic mass is 10.1. The highest BCUT2D eigenvalue weighted by atomic mass is 32.1. The van der Waals surface area contributed by atoms with Gasteiger partial charge in [-0.1, -0.05) is 0 Å². The molecule has 0 saturated carbocycles. The summed E-state index contributed by atoms with van der Waals surface area (Å²) in [6.07, 6.45) is 3.17. The number of hydrogen-bond acceptors (Lipinski definition) is 5. The number of carbonyl (C=O) groups is 1. The maximum Gasteiger partial charge on any atom is 0.193 e. The van der Waals surface area contributed by atoms with Crippen LogP contribution in [-0.4, -0.2) is 25.1 Å². The molecule has 4 nitrogen and oxygen atoms in total. The van der Waals surface area contributed by atoms with Gasteiger partial charge in [0.2, 0.25) is 0 Å². The van der Waals surface area contributed by atoms with E-state index in [9.17, 15) is 9.90 Å². The summed E-state index contributed by atoms with van der Waals surface area (Å²) in [7, 11) is 2.92. The number of aryl methyl sites for hydroxylation is 1. The van der Waals surface area contributed by atoms with Crippen molar-refractivity contribution in [2.24, 2.45) is 0 Å². The van der Waals surface area contributed by atoms with E-state index in [1.54, 1.807) is 23.5 Å². The van der Waals surface area contributed by atoms with Crippen LogP contribution in [0.3, 0.4) is 0 Å². The Morgan fingerprint density at radius 1 is 1.29 bits per heavy atom. The molecule has 1 aromatic carbocycles. The van der Waals surface area contributed by atoms with Crippen molar-refractivity contribution in [2.45, 2.75) is 6.92 Å². The van der Waals surface area contributed by atoms with Gasteiger partial charge in [0.1, 0.15) is 22.8 Å². The minimum Gasteiger partial charge on any atom is -0.507 e. The van der Waals surface area contributed by atoms with Crippen molar-refractivity contribution >= 4 is 23.2 Å². The number of phenols is 1. The highest BCUT2D eigenvalue weighted by molar-refractivity contribution is 7.11. The fourth-order valence-electron chi connectivity index (χ4n) is 1.89. The number of carbonyl (C=O) groups excluding carboxylic acids is 1. The monoisotopic (exact) mass is 304 g/mol. The van der Waals surface area contributed by atoms with Crippen LogP contribution in [0.5, 0.6) is 17.2 Å². The van der Waals surface area contributed by atoms with Crippen molar-refractivity contribution in [2.75, 3.05) is 14.2 Å². The van der Waals surface area contributed by atoms with E-state index >= 15 is 0 Å². The van der Waals surface area contributed by atoms with Crippen molar-refractivity contribution in [3.05, 3.63) is 45.7 Å². The van der Waals surface area contributed by atoms with Crippen LogP contribution < -0.4 is 9.47 Å². The van der Waals surface area contributed by atoms with Gasteiger partial charge in [0.05, 0.1) is 14.2 Å². The van der Waals surface area contributed by atoms with E-state index in [0.29, 0.717) is 5.75 Å². The Morgan fingerprint density at radius 2 is 2.05 bits per heavy atom. The van der Waals surface area contributed by atoms with Gasteiger partial charge in [0, 0.05) is 17.0 Å². The number of thiophene rings is 1. The number of ketones is 1. The number of hydrogen-bond donors (Lipinski definition) is 1. The van der Waals surface area contributed by atoms with Crippen LogP contribution in [0.4, 0.5) is 0 Å². The Morgan fingerprint density at radius 3 is 2.62 bits per heavy atom. The SMILES string of the molecule is COc1cc(O)c(C(=O)/C=C/c2sccc2C)c(OC)c1. The molecule has 0 unspecified atom stereocenters. The third kappa shape index (κ3) is 3.25. The molecule has 21 heavy (non-hydrogen) atoms. The Labute approximate surface area is 127 Å². The topological polar surface area (TPSA) is 55.8 Å². The molecule has 1 N–H and O–H groups in total. The van der Waals surface area contributed by atoms with E-state index < -0.39 is 0 Å². The first-order valence-electron chi connectivity index (χ1n) is 6.28. The Hall–Kier alpha value is -2.27. The molecule has 2 rings (SSSR count).